The van der Waals surface area contributed by atoms with Gasteiger partial charge in [-0.15, -0.1) is 0 Å². The van der Waals surface area contributed by atoms with Crippen LogP contribution in [-0.2, 0) is 18.4 Å². The van der Waals surface area contributed by atoms with E-state index in [2.05, 4.69) is 38.1 Å². The number of aromatic nitrogens is 2. The molecule has 4 rings (SSSR count). The second kappa shape index (κ2) is 7.22. The fraction of sp³-hybridized carbons (Fsp3) is 0.545. The van der Waals surface area contributed by atoms with Crippen LogP contribution in [0.2, 0.25) is 0 Å². The molecule has 0 aliphatic heterocycles. The molecule has 0 saturated heterocycles. The zero-order chi connectivity index (χ0) is 18.1. The molecule has 0 radical (unpaired) electrons. The quantitative estimate of drug-likeness (QED) is 0.538. The predicted octanol–water partition coefficient (Wildman–Crippen LogP) is 5.19. The molecule has 2 aromatic rings. The summed E-state index contributed by atoms with van der Waals surface area (Å²) in [6.45, 7) is 5.10. The number of unbranched alkanes of at least 4 members (excludes halogenated alkanes) is 1. The first-order chi connectivity index (χ1) is 12.7. The number of hydrogen-bond acceptors (Lipinski definition) is 3. The molecule has 26 heavy (non-hydrogen) atoms. The van der Waals surface area contributed by atoms with Gasteiger partial charge in [0, 0.05) is 17.5 Å². The van der Waals surface area contributed by atoms with Crippen LogP contribution in [-0.4, -0.2) is 15.3 Å². The second-order valence-corrected chi connectivity index (χ2v) is 8.91. The molecular formula is C22H28N2OS. The lowest BCUT2D eigenvalue weighted by atomic mass is 9.68. The molecule has 1 fully saturated rings. The minimum atomic E-state index is 0.0111. The summed E-state index contributed by atoms with van der Waals surface area (Å²) in [6.07, 6.45) is 7.82. The van der Waals surface area contributed by atoms with Gasteiger partial charge in [-0.25, -0.2) is 4.98 Å². The first kappa shape index (κ1) is 17.8. The average molecular weight is 369 g/mol. The van der Waals surface area contributed by atoms with Crippen molar-refractivity contribution in [3.05, 3.63) is 45.7 Å². The normalized spacial score (nSPS) is 17.3. The molecule has 3 nitrogen and oxygen atoms in total. The molecule has 1 heterocycles. The van der Waals surface area contributed by atoms with Crippen LogP contribution in [0.4, 0.5) is 0 Å². The molecule has 1 spiro atoms. The highest BCUT2D eigenvalue weighted by Crippen LogP contribution is 2.49. The van der Waals surface area contributed by atoms with Crippen LogP contribution in [0, 0.1) is 0 Å². The van der Waals surface area contributed by atoms with E-state index in [1.54, 1.807) is 11.8 Å². The van der Waals surface area contributed by atoms with Gasteiger partial charge >= 0.3 is 0 Å². The summed E-state index contributed by atoms with van der Waals surface area (Å²) in [7, 11) is 0. The number of fused-ring (bicyclic) bond motifs is 4. The number of rotatable bonds is 5. The van der Waals surface area contributed by atoms with Gasteiger partial charge in [0.15, 0.2) is 5.16 Å². The van der Waals surface area contributed by atoms with Crippen LogP contribution < -0.4 is 5.56 Å². The first-order valence-corrected chi connectivity index (χ1v) is 11.0. The van der Waals surface area contributed by atoms with Gasteiger partial charge in [0.25, 0.3) is 5.56 Å². The summed E-state index contributed by atoms with van der Waals surface area (Å²) >= 11 is 1.70. The Kier molecular flexibility index (Phi) is 4.96. The molecule has 1 aromatic heterocycles. The standard InChI is InChI=1S/C22H28N2OS/c1-3-5-14-24-20(25)18-19(23-21(24)26-4-2)17-11-7-6-10-16(17)15-22(18)12-8-9-13-22/h6-7,10-11H,3-5,8-9,12-15H2,1-2H3. The van der Waals surface area contributed by atoms with E-state index in [1.807, 2.05) is 4.57 Å². The van der Waals surface area contributed by atoms with Crippen molar-refractivity contribution in [3.8, 4) is 11.3 Å². The lowest BCUT2D eigenvalue weighted by Crippen LogP contribution is -2.40. The maximum Gasteiger partial charge on any atom is 0.258 e. The molecule has 0 N–H and O–H groups in total. The summed E-state index contributed by atoms with van der Waals surface area (Å²) < 4.78 is 1.98. The average Bonchev–Trinajstić information content (AvgIpc) is 3.10. The van der Waals surface area contributed by atoms with E-state index < -0.39 is 0 Å². The summed E-state index contributed by atoms with van der Waals surface area (Å²) in [4.78, 5) is 18.8. The summed E-state index contributed by atoms with van der Waals surface area (Å²) in [5.74, 6) is 0.935. The molecule has 1 aromatic carbocycles. The maximum absolute atomic E-state index is 13.7. The van der Waals surface area contributed by atoms with E-state index in [-0.39, 0.29) is 11.0 Å². The molecule has 1 saturated carbocycles. The Bertz CT molecular complexity index is 865. The third-order valence-corrected chi connectivity index (χ3v) is 6.89. The van der Waals surface area contributed by atoms with Crippen LogP contribution in [0.15, 0.2) is 34.2 Å². The fourth-order valence-electron chi connectivity index (χ4n) is 4.80. The van der Waals surface area contributed by atoms with Crippen molar-refractivity contribution < 1.29 is 0 Å². The van der Waals surface area contributed by atoms with Crippen LogP contribution in [0.25, 0.3) is 11.3 Å². The van der Waals surface area contributed by atoms with E-state index >= 15 is 0 Å². The molecule has 2 aliphatic carbocycles. The topological polar surface area (TPSA) is 34.9 Å². The Hall–Kier alpha value is -1.55. The van der Waals surface area contributed by atoms with E-state index in [0.29, 0.717) is 0 Å². The zero-order valence-corrected chi connectivity index (χ0v) is 16.7. The lowest BCUT2D eigenvalue weighted by molar-refractivity contribution is 0.413. The summed E-state index contributed by atoms with van der Waals surface area (Å²) in [5, 5.41) is 0.898. The van der Waals surface area contributed by atoms with Gasteiger partial charge in [0.2, 0.25) is 0 Å². The van der Waals surface area contributed by atoms with Crippen molar-refractivity contribution in [1.29, 1.82) is 0 Å². The van der Waals surface area contributed by atoms with Crippen molar-refractivity contribution in [1.82, 2.24) is 9.55 Å². The number of thioether (sulfide) groups is 1. The van der Waals surface area contributed by atoms with Gasteiger partial charge in [0.1, 0.15) is 0 Å². The van der Waals surface area contributed by atoms with Crippen molar-refractivity contribution in [2.24, 2.45) is 0 Å². The van der Waals surface area contributed by atoms with Crippen LogP contribution in [0.3, 0.4) is 0 Å². The molecule has 0 bridgehead atoms. The largest absolute Gasteiger partial charge is 0.287 e. The third kappa shape index (κ3) is 2.83. The van der Waals surface area contributed by atoms with E-state index in [4.69, 9.17) is 4.98 Å². The Balaban J connectivity index is 1.98. The van der Waals surface area contributed by atoms with Crippen molar-refractivity contribution in [2.75, 3.05) is 5.75 Å². The van der Waals surface area contributed by atoms with Gasteiger partial charge in [-0.05, 0) is 37.0 Å². The highest BCUT2D eigenvalue weighted by atomic mass is 32.2. The van der Waals surface area contributed by atoms with Crippen LogP contribution >= 0.6 is 11.8 Å². The van der Waals surface area contributed by atoms with Gasteiger partial charge in [0.05, 0.1) is 11.3 Å². The molecule has 0 amide bonds. The lowest BCUT2D eigenvalue weighted by Gasteiger charge is -2.36. The van der Waals surface area contributed by atoms with Crippen molar-refractivity contribution in [2.45, 2.75) is 75.9 Å². The summed E-state index contributed by atoms with van der Waals surface area (Å²) in [5.41, 5.74) is 4.78. The maximum atomic E-state index is 13.7. The number of hydrogen-bond donors (Lipinski definition) is 0. The fourth-order valence-corrected chi connectivity index (χ4v) is 5.54. The Labute approximate surface area is 160 Å². The first-order valence-electron chi connectivity index (χ1n) is 10.1. The molecule has 0 unspecified atom stereocenters. The minimum Gasteiger partial charge on any atom is -0.287 e. The number of nitrogens with zero attached hydrogens (tertiary/aromatic N) is 2. The van der Waals surface area contributed by atoms with Gasteiger partial charge in [-0.3, -0.25) is 9.36 Å². The van der Waals surface area contributed by atoms with Crippen molar-refractivity contribution >= 4 is 11.8 Å². The van der Waals surface area contributed by atoms with Gasteiger partial charge in [-0.2, -0.15) is 0 Å². The molecule has 2 aliphatic rings. The smallest absolute Gasteiger partial charge is 0.258 e. The summed E-state index contributed by atoms with van der Waals surface area (Å²) in [6, 6.07) is 8.58. The predicted molar refractivity (Wildman–Crippen MR) is 109 cm³/mol. The molecule has 0 atom stereocenters. The van der Waals surface area contributed by atoms with E-state index in [0.717, 1.165) is 60.8 Å². The Morgan fingerprint density at radius 3 is 2.69 bits per heavy atom. The third-order valence-electron chi connectivity index (χ3n) is 6.04. The minimum absolute atomic E-state index is 0.0111. The van der Waals surface area contributed by atoms with Crippen LogP contribution in [0.1, 0.15) is 63.5 Å². The Morgan fingerprint density at radius 1 is 1.19 bits per heavy atom. The molecule has 4 heteroatoms. The zero-order valence-electron chi connectivity index (χ0n) is 15.9. The van der Waals surface area contributed by atoms with Gasteiger partial charge < -0.3 is 0 Å². The van der Waals surface area contributed by atoms with Crippen LogP contribution in [0.5, 0.6) is 0 Å². The SMILES string of the molecule is CCCCn1c(SCC)nc2c(c1=O)C1(CCCC1)Cc1ccccc1-2. The van der Waals surface area contributed by atoms with Crippen molar-refractivity contribution in [3.63, 3.8) is 0 Å². The van der Waals surface area contributed by atoms with E-state index in [1.165, 1.54) is 24.0 Å². The van der Waals surface area contributed by atoms with Gasteiger partial charge in [-0.1, -0.05) is 69.1 Å². The Morgan fingerprint density at radius 2 is 1.96 bits per heavy atom. The highest BCUT2D eigenvalue weighted by molar-refractivity contribution is 7.99. The number of benzene rings is 1. The molecule has 138 valence electrons. The second-order valence-electron chi connectivity index (χ2n) is 7.68. The highest BCUT2D eigenvalue weighted by Gasteiger charge is 2.44. The van der Waals surface area contributed by atoms with E-state index in [9.17, 15) is 4.79 Å². The molecular weight excluding hydrogens is 340 g/mol. The monoisotopic (exact) mass is 368 g/mol.